The Morgan fingerprint density at radius 1 is 1.47 bits per heavy atom. The Kier molecular flexibility index (Phi) is 2.96. The molecule has 0 saturated heterocycles. The van der Waals surface area contributed by atoms with E-state index in [-0.39, 0.29) is 6.10 Å². The van der Waals surface area contributed by atoms with Crippen LogP contribution in [0.2, 0.25) is 0 Å². The molecule has 0 aliphatic carbocycles. The van der Waals surface area contributed by atoms with Gasteiger partial charge in [0.25, 0.3) is 0 Å². The van der Waals surface area contributed by atoms with Gasteiger partial charge in [0.05, 0.1) is 6.10 Å². The van der Waals surface area contributed by atoms with E-state index in [2.05, 4.69) is 36.1 Å². The summed E-state index contributed by atoms with van der Waals surface area (Å²) in [5.41, 5.74) is 2.71. The molecule has 1 aromatic carbocycles. The first-order chi connectivity index (χ1) is 7.22. The molecule has 0 radical (unpaired) electrons. The molecule has 2 rings (SSSR count). The van der Waals surface area contributed by atoms with Crippen LogP contribution in [0.25, 0.3) is 0 Å². The van der Waals surface area contributed by atoms with Gasteiger partial charge >= 0.3 is 0 Å². The van der Waals surface area contributed by atoms with Crippen molar-refractivity contribution in [2.75, 3.05) is 11.4 Å². The normalized spacial score (nSPS) is 21.5. The number of anilines is 1. The Morgan fingerprint density at radius 3 is 2.93 bits per heavy atom. The SMILES string of the molecule is CC[C@@H](O)CN1c2ccccc2CC1C. The van der Waals surface area contributed by atoms with Crippen molar-refractivity contribution in [3.63, 3.8) is 0 Å². The highest BCUT2D eigenvalue weighted by Crippen LogP contribution is 2.31. The van der Waals surface area contributed by atoms with Crippen LogP contribution in [0, 0.1) is 0 Å². The first-order valence-electron chi connectivity index (χ1n) is 5.75. The van der Waals surface area contributed by atoms with Crippen molar-refractivity contribution in [2.45, 2.75) is 38.8 Å². The molecule has 1 aliphatic heterocycles. The molecule has 0 amide bonds. The highest BCUT2D eigenvalue weighted by Gasteiger charge is 2.26. The molecule has 15 heavy (non-hydrogen) atoms. The van der Waals surface area contributed by atoms with Crippen molar-refractivity contribution in [3.05, 3.63) is 29.8 Å². The third-order valence-corrected chi connectivity index (χ3v) is 3.23. The van der Waals surface area contributed by atoms with Gasteiger partial charge in [-0.1, -0.05) is 25.1 Å². The summed E-state index contributed by atoms with van der Waals surface area (Å²) in [5.74, 6) is 0. The van der Waals surface area contributed by atoms with E-state index in [4.69, 9.17) is 0 Å². The average molecular weight is 205 g/mol. The number of β-amino-alcohol motifs (C(OH)–C–C–N with tert-alkyl or cyclic N) is 1. The average Bonchev–Trinajstić information content (AvgIpc) is 2.55. The van der Waals surface area contributed by atoms with E-state index in [1.165, 1.54) is 11.3 Å². The van der Waals surface area contributed by atoms with Crippen LogP contribution in [0.5, 0.6) is 0 Å². The smallest absolute Gasteiger partial charge is 0.0712 e. The fourth-order valence-corrected chi connectivity index (χ4v) is 2.26. The lowest BCUT2D eigenvalue weighted by atomic mass is 10.1. The molecule has 2 atom stereocenters. The molecule has 1 heterocycles. The fraction of sp³-hybridized carbons (Fsp3) is 0.538. The highest BCUT2D eigenvalue weighted by atomic mass is 16.3. The van der Waals surface area contributed by atoms with Crippen LogP contribution in [-0.4, -0.2) is 23.8 Å². The summed E-state index contributed by atoms with van der Waals surface area (Å²) in [5, 5.41) is 9.72. The highest BCUT2D eigenvalue weighted by molar-refractivity contribution is 5.59. The Morgan fingerprint density at radius 2 is 2.20 bits per heavy atom. The second-order valence-electron chi connectivity index (χ2n) is 4.40. The lowest BCUT2D eigenvalue weighted by Gasteiger charge is -2.27. The van der Waals surface area contributed by atoms with E-state index in [1.807, 2.05) is 6.92 Å². The van der Waals surface area contributed by atoms with Gasteiger partial charge in [-0.25, -0.2) is 0 Å². The van der Waals surface area contributed by atoms with E-state index >= 15 is 0 Å². The molecule has 0 spiro atoms. The van der Waals surface area contributed by atoms with Gasteiger partial charge in [-0.05, 0) is 31.4 Å². The van der Waals surface area contributed by atoms with Gasteiger partial charge in [0, 0.05) is 18.3 Å². The summed E-state index contributed by atoms with van der Waals surface area (Å²) in [6.07, 6.45) is 1.72. The van der Waals surface area contributed by atoms with Crippen LogP contribution in [0.15, 0.2) is 24.3 Å². The van der Waals surface area contributed by atoms with Gasteiger partial charge in [0.1, 0.15) is 0 Å². The van der Waals surface area contributed by atoms with Crippen molar-refractivity contribution in [2.24, 2.45) is 0 Å². The summed E-state index contributed by atoms with van der Waals surface area (Å²) in [6, 6.07) is 9.02. The van der Waals surface area contributed by atoms with Crippen LogP contribution in [0.1, 0.15) is 25.8 Å². The Balaban J connectivity index is 2.18. The van der Waals surface area contributed by atoms with E-state index < -0.39 is 0 Å². The number of hydrogen-bond acceptors (Lipinski definition) is 2. The lowest BCUT2D eigenvalue weighted by Crippen LogP contribution is -2.36. The van der Waals surface area contributed by atoms with Crippen molar-refractivity contribution in [1.82, 2.24) is 0 Å². The van der Waals surface area contributed by atoms with Gasteiger partial charge in [-0.2, -0.15) is 0 Å². The number of fused-ring (bicyclic) bond motifs is 1. The second kappa shape index (κ2) is 4.23. The Labute approximate surface area is 91.5 Å². The molecule has 0 saturated carbocycles. The van der Waals surface area contributed by atoms with E-state index in [1.54, 1.807) is 0 Å². The second-order valence-corrected chi connectivity index (χ2v) is 4.40. The molecular weight excluding hydrogens is 186 g/mol. The Bertz CT molecular complexity index is 337. The van der Waals surface area contributed by atoms with Gasteiger partial charge in [-0.15, -0.1) is 0 Å². The first-order valence-corrected chi connectivity index (χ1v) is 5.75. The molecule has 0 bridgehead atoms. The van der Waals surface area contributed by atoms with Crippen molar-refractivity contribution < 1.29 is 5.11 Å². The predicted molar refractivity (Wildman–Crippen MR) is 63.3 cm³/mol. The zero-order chi connectivity index (χ0) is 10.8. The third kappa shape index (κ3) is 2.00. The lowest BCUT2D eigenvalue weighted by molar-refractivity contribution is 0.174. The largest absolute Gasteiger partial charge is 0.391 e. The van der Waals surface area contributed by atoms with Crippen LogP contribution < -0.4 is 4.90 Å². The molecule has 0 aromatic heterocycles. The number of rotatable bonds is 3. The zero-order valence-electron chi connectivity index (χ0n) is 9.48. The molecule has 82 valence electrons. The van der Waals surface area contributed by atoms with E-state index in [0.29, 0.717) is 6.04 Å². The maximum Gasteiger partial charge on any atom is 0.0712 e. The van der Waals surface area contributed by atoms with Crippen molar-refractivity contribution >= 4 is 5.69 Å². The number of hydrogen-bond donors (Lipinski definition) is 1. The fourth-order valence-electron chi connectivity index (χ4n) is 2.26. The number of nitrogens with zero attached hydrogens (tertiary/aromatic N) is 1. The van der Waals surface area contributed by atoms with E-state index in [9.17, 15) is 5.11 Å². The summed E-state index contributed by atoms with van der Waals surface area (Å²) in [6.45, 7) is 5.01. The predicted octanol–water partition coefficient (Wildman–Crippen LogP) is 2.21. The number of para-hydroxylation sites is 1. The van der Waals surface area contributed by atoms with Crippen molar-refractivity contribution in [3.8, 4) is 0 Å². The van der Waals surface area contributed by atoms with Gasteiger partial charge in [0.15, 0.2) is 0 Å². The zero-order valence-corrected chi connectivity index (χ0v) is 9.48. The maximum atomic E-state index is 9.72. The summed E-state index contributed by atoms with van der Waals surface area (Å²) < 4.78 is 0. The summed E-state index contributed by atoms with van der Waals surface area (Å²) in [4.78, 5) is 2.32. The van der Waals surface area contributed by atoms with Gasteiger partial charge in [-0.3, -0.25) is 0 Å². The van der Waals surface area contributed by atoms with Crippen LogP contribution in [0.3, 0.4) is 0 Å². The van der Waals surface area contributed by atoms with Crippen LogP contribution in [0.4, 0.5) is 5.69 Å². The molecular formula is C13H19NO. The molecule has 1 unspecified atom stereocenters. The molecule has 2 nitrogen and oxygen atoms in total. The molecule has 1 aromatic rings. The number of benzene rings is 1. The minimum atomic E-state index is -0.210. The molecule has 1 aliphatic rings. The minimum Gasteiger partial charge on any atom is -0.391 e. The number of aliphatic hydroxyl groups excluding tert-OH is 1. The first kappa shape index (κ1) is 10.5. The Hall–Kier alpha value is -1.02. The monoisotopic (exact) mass is 205 g/mol. The van der Waals surface area contributed by atoms with Crippen LogP contribution >= 0.6 is 0 Å². The number of aliphatic hydroxyl groups is 1. The van der Waals surface area contributed by atoms with Gasteiger partial charge in [0.2, 0.25) is 0 Å². The molecule has 1 N–H and O–H groups in total. The third-order valence-electron chi connectivity index (χ3n) is 3.23. The van der Waals surface area contributed by atoms with Gasteiger partial charge < -0.3 is 10.0 Å². The summed E-state index contributed by atoms with van der Waals surface area (Å²) in [7, 11) is 0. The molecule has 0 fully saturated rings. The van der Waals surface area contributed by atoms with E-state index in [0.717, 1.165) is 19.4 Å². The van der Waals surface area contributed by atoms with Crippen molar-refractivity contribution in [1.29, 1.82) is 0 Å². The minimum absolute atomic E-state index is 0.210. The topological polar surface area (TPSA) is 23.5 Å². The molecule has 2 heteroatoms. The quantitative estimate of drug-likeness (QED) is 0.817. The standard InChI is InChI=1S/C13H19NO/c1-3-12(15)9-14-10(2)8-11-6-4-5-7-13(11)14/h4-7,10,12,15H,3,8-9H2,1-2H3/t10?,12-/m1/s1. The summed E-state index contributed by atoms with van der Waals surface area (Å²) >= 11 is 0. The maximum absolute atomic E-state index is 9.72. The van der Waals surface area contributed by atoms with Crippen LogP contribution in [-0.2, 0) is 6.42 Å².